The first-order chi connectivity index (χ1) is 6.09. The molecule has 0 amide bonds. The molecule has 2 nitrogen and oxygen atoms in total. The van der Waals surface area contributed by atoms with Gasteiger partial charge in [0.1, 0.15) is 5.78 Å². The van der Waals surface area contributed by atoms with Gasteiger partial charge in [-0.3, -0.25) is 0 Å². The monoisotopic (exact) mass is 202 g/mol. The van der Waals surface area contributed by atoms with Crippen molar-refractivity contribution in [3.8, 4) is 0 Å². The Morgan fingerprint density at radius 3 is 2.69 bits per heavy atom. The molecule has 0 radical (unpaired) electrons. The lowest BCUT2D eigenvalue weighted by atomic mass is 9.84. The zero-order valence-corrected chi connectivity index (χ0v) is 8.50. The van der Waals surface area contributed by atoms with E-state index in [-0.39, 0.29) is 17.3 Å². The molecule has 0 heterocycles. The number of halogens is 1. The maximum atomic E-state index is 11.0. The Labute approximate surface area is 83.3 Å². The summed E-state index contributed by atoms with van der Waals surface area (Å²) in [6.45, 7) is 1.63. The van der Waals surface area contributed by atoms with E-state index in [0.717, 1.165) is 12.8 Å². The standard InChI is InChI=1S/C10H15ClO2/c1-5(12)2-6-3-7-4-8(6)9(11)10(7)13/h6-10,13H,2-4H2,1H3/t6-,7+,8+,9-,10-/m1/s1. The number of ketones is 1. The van der Waals surface area contributed by atoms with Crippen LogP contribution >= 0.6 is 11.6 Å². The van der Waals surface area contributed by atoms with Crippen LogP contribution in [0.4, 0.5) is 0 Å². The summed E-state index contributed by atoms with van der Waals surface area (Å²) in [5.74, 6) is 1.42. The number of aliphatic hydroxyl groups is 1. The van der Waals surface area contributed by atoms with Gasteiger partial charge in [0, 0.05) is 6.42 Å². The van der Waals surface area contributed by atoms with Gasteiger partial charge in [0.2, 0.25) is 0 Å². The van der Waals surface area contributed by atoms with Crippen molar-refractivity contribution in [3.63, 3.8) is 0 Å². The molecule has 13 heavy (non-hydrogen) atoms. The number of fused-ring (bicyclic) bond motifs is 2. The first-order valence-corrected chi connectivity index (χ1v) is 5.35. The first-order valence-electron chi connectivity index (χ1n) is 4.91. The van der Waals surface area contributed by atoms with Gasteiger partial charge >= 0.3 is 0 Å². The molecule has 2 aliphatic carbocycles. The highest BCUT2D eigenvalue weighted by molar-refractivity contribution is 6.21. The van der Waals surface area contributed by atoms with Crippen molar-refractivity contribution < 1.29 is 9.90 Å². The molecule has 2 fully saturated rings. The van der Waals surface area contributed by atoms with Gasteiger partial charge in [0.15, 0.2) is 0 Å². The molecular weight excluding hydrogens is 188 g/mol. The van der Waals surface area contributed by atoms with Crippen LogP contribution < -0.4 is 0 Å². The Kier molecular flexibility index (Phi) is 2.37. The van der Waals surface area contributed by atoms with Crippen molar-refractivity contribution in [2.24, 2.45) is 17.8 Å². The smallest absolute Gasteiger partial charge is 0.130 e. The second-order valence-corrected chi connectivity index (χ2v) is 5.00. The molecule has 0 aromatic heterocycles. The van der Waals surface area contributed by atoms with E-state index in [1.165, 1.54) is 0 Å². The highest BCUT2D eigenvalue weighted by Crippen LogP contribution is 2.51. The van der Waals surface area contributed by atoms with Crippen molar-refractivity contribution in [2.45, 2.75) is 37.7 Å². The summed E-state index contributed by atoms with van der Waals surface area (Å²) in [4.78, 5) is 11.0. The number of carbonyl (C=O) groups is 1. The summed E-state index contributed by atoms with van der Waals surface area (Å²) in [7, 11) is 0. The molecule has 0 aromatic carbocycles. The van der Waals surface area contributed by atoms with Crippen LogP contribution in [0.5, 0.6) is 0 Å². The van der Waals surface area contributed by atoms with Gasteiger partial charge < -0.3 is 9.90 Å². The van der Waals surface area contributed by atoms with Gasteiger partial charge in [-0.2, -0.15) is 0 Å². The summed E-state index contributed by atoms with van der Waals surface area (Å²) in [5, 5.41) is 9.51. The number of hydrogen-bond acceptors (Lipinski definition) is 2. The largest absolute Gasteiger partial charge is 0.391 e. The molecule has 0 unspecified atom stereocenters. The average molecular weight is 203 g/mol. The van der Waals surface area contributed by atoms with E-state index in [0.29, 0.717) is 24.2 Å². The van der Waals surface area contributed by atoms with Crippen molar-refractivity contribution in [1.29, 1.82) is 0 Å². The SMILES string of the molecule is CC(=O)C[C@@H]1C[C@H]2C[C@@H]1[C@@H](Cl)[C@@H]2O. The van der Waals surface area contributed by atoms with E-state index in [4.69, 9.17) is 11.6 Å². The Hall–Kier alpha value is -0.0800. The zero-order valence-electron chi connectivity index (χ0n) is 7.74. The molecule has 2 rings (SSSR count). The van der Waals surface area contributed by atoms with Crippen LogP contribution in [0.2, 0.25) is 0 Å². The predicted octanol–water partition coefficient (Wildman–Crippen LogP) is 1.59. The lowest BCUT2D eigenvalue weighted by Gasteiger charge is -2.28. The third-order valence-corrected chi connectivity index (χ3v) is 4.14. The number of aliphatic hydroxyl groups excluding tert-OH is 1. The Morgan fingerprint density at radius 2 is 2.23 bits per heavy atom. The number of Topliss-reactive ketones (excluding diaryl/α,β-unsaturated/α-hetero) is 1. The maximum Gasteiger partial charge on any atom is 0.130 e. The number of carbonyl (C=O) groups excluding carboxylic acids is 1. The maximum absolute atomic E-state index is 11.0. The highest BCUT2D eigenvalue weighted by Gasteiger charge is 2.51. The third-order valence-electron chi connectivity index (χ3n) is 3.55. The Morgan fingerprint density at radius 1 is 1.54 bits per heavy atom. The van der Waals surface area contributed by atoms with Gasteiger partial charge in [-0.1, -0.05) is 0 Å². The second-order valence-electron chi connectivity index (χ2n) is 4.50. The normalized spacial score (nSPS) is 48.4. The molecule has 0 aliphatic heterocycles. The van der Waals surface area contributed by atoms with Crippen molar-refractivity contribution in [3.05, 3.63) is 0 Å². The fourth-order valence-electron chi connectivity index (χ4n) is 2.99. The fraction of sp³-hybridized carbons (Fsp3) is 0.900. The van der Waals surface area contributed by atoms with Crippen molar-refractivity contribution >= 4 is 17.4 Å². The van der Waals surface area contributed by atoms with Gasteiger partial charge in [0.05, 0.1) is 11.5 Å². The Balaban J connectivity index is 2.02. The van der Waals surface area contributed by atoms with Gasteiger partial charge in [-0.05, 0) is 37.5 Å². The molecule has 0 spiro atoms. The van der Waals surface area contributed by atoms with Crippen LogP contribution in [0.3, 0.4) is 0 Å². The lowest BCUT2D eigenvalue weighted by molar-refractivity contribution is -0.118. The minimum Gasteiger partial charge on any atom is -0.391 e. The molecule has 0 aromatic rings. The molecule has 1 N–H and O–H groups in total. The second kappa shape index (κ2) is 3.25. The summed E-state index contributed by atoms with van der Waals surface area (Å²) in [6.07, 6.45) is 2.34. The minimum atomic E-state index is -0.324. The van der Waals surface area contributed by atoms with Crippen LogP contribution in [0.1, 0.15) is 26.2 Å². The van der Waals surface area contributed by atoms with E-state index < -0.39 is 0 Å². The number of hydrogen-bond donors (Lipinski definition) is 1. The van der Waals surface area contributed by atoms with Crippen LogP contribution in [-0.2, 0) is 4.79 Å². The van der Waals surface area contributed by atoms with E-state index in [2.05, 4.69) is 0 Å². The van der Waals surface area contributed by atoms with E-state index in [1.807, 2.05) is 0 Å². The zero-order chi connectivity index (χ0) is 9.59. The van der Waals surface area contributed by atoms with Gasteiger partial charge in [-0.25, -0.2) is 0 Å². The molecule has 74 valence electrons. The molecule has 2 aliphatic rings. The van der Waals surface area contributed by atoms with Gasteiger partial charge in [0.25, 0.3) is 0 Å². The lowest BCUT2D eigenvalue weighted by Crippen LogP contribution is -2.33. The van der Waals surface area contributed by atoms with Crippen molar-refractivity contribution in [2.75, 3.05) is 0 Å². The first kappa shape index (κ1) is 9.47. The highest BCUT2D eigenvalue weighted by atomic mass is 35.5. The predicted molar refractivity (Wildman–Crippen MR) is 50.6 cm³/mol. The van der Waals surface area contributed by atoms with Gasteiger partial charge in [-0.15, -0.1) is 11.6 Å². The number of alkyl halides is 1. The molecule has 2 bridgehead atoms. The summed E-state index contributed by atoms with van der Waals surface area (Å²) >= 11 is 6.08. The number of rotatable bonds is 2. The van der Waals surface area contributed by atoms with Crippen LogP contribution in [0, 0.1) is 17.8 Å². The molecule has 2 saturated carbocycles. The quantitative estimate of drug-likeness (QED) is 0.691. The molecular formula is C10H15ClO2. The summed E-state index contributed by atoms with van der Waals surface area (Å²) in [5.41, 5.74) is 0. The molecule has 3 heteroatoms. The van der Waals surface area contributed by atoms with E-state index in [1.54, 1.807) is 6.92 Å². The minimum absolute atomic E-state index is 0.108. The third kappa shape index (κ3) is 1.50. The summed E-state index contributed by atoms with van der Waals surface area (Å²) < 4.78 is 0. The fourth-order valence-corrected chi connectivity index (χ4v) is 3.50. The van der Waals surface area contributed by atoms with Crippen LogP contribution in [0.15, 0.2) is 0 Å². The van der Waals surface area contributed by atoms with E-state index >= 15 is 0 Å². The van der Waals surface area contributed by atoms with Crippen molar-refractivity contribution in [1.82, 2.24) is 0 Å². The van der Waals surface area contributed by atoms with Crippen LogP contribution in [0.25, 0.3) is 0 Å². The molecule has 0 saturated heterocycles. The summed E-state index contributed by atoms with van der Waals surface area (Å²) in [6, 6.07) is 0. The topological polar surface area (TPSA) is 37.3 Å². The molecule has 5 atom stereocenters. The van der Waals surface area contributed by atoms with Crippen LogP contribution in [-0.4, -0.2) is 22.4 Å². The van der Waals surface area contributed by atoms with E-state index in [9.17, 15) is 9.90 Å². The Bertz CT molecular complexity index is 227. The average Bonchev–Trinajstić information content (AvgIpc) is 2.53.